The van der Waals surface area contributed by atoms with Gasteiger partial charge in [0.25, 0.3) is 0 Å². The van der Waals surface area contributed by atoms with Gasteiger partial charge in [-0.05, 0) is 50.7 Å². The van der Waals surface area contributed by atoms with Gasteiger partial charge < -0.3 is 9.13 Å². The van der Waals surface area contributed by atoms with E-state index in [4.69, 9.17) is 0 Å². The Morgan fingerprint density at radius 3 is 1.61 bits per heavy atom. The number of rotatable bonds is 1. The number of fused-ring (bicyclic) bond motifs is 2. The zero-order valence-electron chi connectivity index (χ0n) is 10.9. The first-order valence-electron chi connectivity index (χ1n) is 7.29. The molecule has 2 aromatic rings. The first-order chi connectivity index (χ1) is 8.90. The van der Waals surface area contributed by atoms with Gasteiger partial charge in [0.1, 0.15) is 0 Å². The molecule has 0 N–H and O–H groups in total. The molecule has 18 heavy (non-hydrogen) atoms. The van der Waals surface area contributed by atoms with Crippen molar-refractivity contribution in [2.24, 2.45) is 0 Å². The third-order valence-electron chi connectivity index (χ3n) is 4.47. The molecule has 0 aliphatic carbocycles. The van der Waals surface area contributed by atoms with Crippen molar-refractivity contribution >= 4 is 0 Å². The molecule has 0 amide bonds. The van der Waals surface area contributed by atoms with Gasteiger partial charge in [0.15, 0.2) is 0 Å². The molecular weight excluding hydrogens is 220 g/mol. The molecule has 0 saturated carbocycles. The predicted molar refractivity (Wildman–Crippen MR) is 73.7 cm³/mol. The van der Waals surface area contributed by atoms with E-state index in [2.05, 4.69) is 33.7 Å². The van der Waals surface area contributed by atoms with E-state index < -0.39 is 0 Å². The highest BCUT2D eigenvalue weighted by atomic mass is 15.0. The van der Waals surface area contributed by atoms with Gasteiger partial charge in [-0.1, -0.05) is 0 Å². The summed E-state index contributed by atoms with van der Waals surface area (Å²) >= 11 is 0. The second-order valence-electron chi connectivity index (χ2n) is 5.74. The van der Waals surface area contributed by atoms with E-state index in [9.17, 15) is 0 Å². The maximum absolute atomic E-state index is 2.45. The van der Waals surface area contributed by atoms with E-state index in [0.29, 0.717) is 0 Å². The largest absolute Gasteiger partial charge is 0.351 e. The van der Waals surface area contributed by atoms with Crippen LogP contribution in [0.2, 0.25) is 0 Å². The molecule has 0 unspecified atom stereocenters. The lowest BCUT2D eigenvalue weighted by Gasteiger charge is -2.13. The number of hydrogen-bond acceptors (Lipinski definition) is 0. The number of nitrogens with zero attached hydrogens (tertiary/aromatic N) is 2. The highest BCUT2D eigenvalue weighted by molar-refractivity contribution is 5.64. The lowest BCUT2D eigenvalue weighted by molar-refractivity contribution is 0.533. The van der Waals surface area contributed by atoms with Crippen molar-refractivity contribution < 1.29 is 0 Å². The van der Waals surface area contributed by atoms with Gasteiger partial charge in [0.05, 0.1) is 0 Å². The lowest BCUT2D eigenvalue weighted by atomic mass is 10.1. The van der Waals surface area contributed by atoms with Crippen LogP contribution in [0.3, 0.4) is 0 Å². The second kappa shape index (κ2) is 4.04. The molecule has 2 aliphatic rings. The zero-order chi connectivity index (χ0) is 11.9. The molecule has 0 spiro atoms. The summed E-state index contributed by atoms with van der Waals surface area (Å²) in [6.45, 7) is 2.42. The minimum Gasteiger partial charge on any atom is -0.351 e. The fourth-order valence-corrected chi connectivity index (χ4v) is 3.44. The van der Waals surface area contributed by atoms with Crippen LogP contribution in [0.5, 0.6) is 0 Å². The van der Waals surface area contributed by atoms with Crippen molar-refractivity contribution in [1.82, 2.24) is 9.13 Å². The van der Waals surface area contributed by atoms with Crippen LogP contribution in [-0.2, 0) is 25.9 Å². The summed E-state index contributed by atoms with van der Waals surface area (Å²) in [5.41, 5.74) is 5.91. The first kappa shape index (κ1) is 10.5. The molecule has 0 radical (unpaired) electrons. The fraction of sp³-hybridized carbons (Fsp3) is 0.500. The van der Waals surface area contributed by atoms with Crippen molar-refractivity contribution in [2.45, 2.75) is 51.6 Å². The summed E-state index contributed by atoms with van der Waals surface area (Å²) in [6.07, 6.45) is 12.6. The first-order valence-corrected chi connectivity index (χ1v) is 7.29. The molecule has 2 aromatic heterocycles. The van der Waals surface area contributed by atoms with Gasteiger partial charge in [-0.3, -0.25) is 0 Å². The molecule has 4 rings (SSSR count). The molecule has 2 aliphatic heterocycles. The maximum Gasteiger partial charge on any atom is 0.0222 e. The van der Waals surface area contributed by atoms with Crippen LogP contribution in [0, 0.1) is 0 Å². The monoisotopic (exact) mass is 240 g/mol. The van der Waals surface area contributed by atoms with Gasteiger partial charge in [-0.25, -0.2) is 0 Å². The molecule has 0 aromatic carbocycles. The normalized spacial score (nSPS) is 18.4. The minimum absolute atomic E-state index is 1.21. The lowest BCUT2D eigenvalue weighted by Crippen LogP contribution is -2.07. The topological polar surface area (TPSA) is 9.86 Å². The van der Waals surface area contributed by atoms with E-state index in [0.717, 1.165) is 0 Å². The van der Waals surface area contributed by atoms with Crippen LogP contribution in [0.15, 0.2) is 24.5 Å². The average molecular weight is 240 g/mol. The Bertz CT molecular complexity index is 475. The Morgan fingerprint density at radius 2 is 1.17 bits per heavy atom. The quantitative estimate of drug-likeness (QED) is 0.720. The Balaban J connectivity index is 1.73. The standard InChI is InChI=1S/C16H20N2/c1-3-7-17-11-13(9-15(17)5-1)14-10-16-6-2-4-8-18(16)12-14/h9-12H,1-8H2. The molecule has 4 heterocycles. The number of hydrogen-bond donors (Lipinski definition) is 0. The minimum atomic E-state index is 1.21. The van der Waals surface area contributed by atoms with E-state index in [1.165, 1.54) is 74.1 Å². The van der Waals surface area contributed by atoms with E-state index in [1.54, 1.807) is 0 Å². The Morgan fingerprint density at radius 1 is 0.667 bits per heavy atom. The van der Waals surface area contributed by atoms with Crippen LogP contribution in [0.4, 0.5) is 0 Å². The fourth-order valence-electron chi connectivity index (χ4n) is 3.44. The predicted octanol–water partition coefficient (Wildman–Crippen LogP) is 3.63. The van der Waals surface area contributed by atoms with Crippen LogP contribution < -0.4 is 0 Å². The van der Waals surface area contributed by atoms with Crippen LogP contribution >= 0.6 is 0 Å². The SMILES string of the molecule is c1c(-c2cc3n(c2)CCCC3)cn2c1CCCC2. The molecule has 0 fully saturated rings. The van der Waals surface area contributed by atoms with Crippen molar-refractivity contribution in [3.05, 3.63) is 35.9 Å². The molecule has 2 heteroatoms. The van der Waals surface area contributed by atoms with Crippen LogP contribution in [-0.4, -0.2) is 9.13 Å². The Kier molecular flexibility index (Phi) is 2.35. The third kappa shape index (κ3) is 1.63. The van der Waals surface area contributed by atoms with Gasteiger partial charge in [0, 0.05) is 48.0 Å². The van der Waals surface area contributed by atoms with Crippen molar-refractivity contribution in [3.8, 4) is 11.1 Å². The molecule has 0 bridgehead atoms. The molecule has 0 saturated heterocycles. The van der Waals surface area contributed by atoms with E-state index in [1.807, 2.05) is 0 Å². The van der Waals surface area contributed by atoms with Gasteiger partial charge >= 0.3 is 0 Å². The molecule has 94 valence electrons. The summed E-state index contributed by atoms with van der Waals surface area (Å²) < 4.78 is 4.91. The highest BCUT2D eigenvalue weighted by Gasteiger charge is 2.15. The number of aryl methyl sites for hydroxylation is 4. The zero-order valence-corrected chi connectivity index (χ0v) is 10.9. The molecule has 0 atom stereocenters. The smallest absolute Gasteiger partial charge is 0.0222 e. The third-order valence-corrected chi connectivity index (χ3v) is 4.47. The van der Waals surface area contributed by atoms with E-state index in [-0.39, 0.29) is 0 Å². The number of aromatic nitrogens is 2. The van der Waals surface area contributed by atoms with Crippen LogP contribution in [0.25, 0.3) is 11.1 Å². The summed E-state index contributed by atoms with van der Waals surface area (Å²) in [5.74, 6) is 0. The van der Waals surface area contributed by atoms with Crippen molar-refractivity contribution in [2.75, 3.05) is 0 Å². The van der Waals surface area contributed by atoms with Crippen LogP contribution in [0.1, 0.15) is 37.1 Å². The summed E-state index contributed by atoms with van der Waals surface area (Å²) in [4.78, 5) is 0. The maximum atomic E-state index is 2.45. The molecule has 2 nitrogen and oxygen atoms in total. The Labute approximate surface area is 108 Å². The van der Waals surface area contributed by atoms with Gasteiger partial charge in [-0.15, -0.1) is 0 Å². The van der Waals surface area contributed by atoms with Gasteiger partial charge in [0.2, 0.25) is 0 Å². The van der Waals surface area contributed by atoms with E-state index >= 15 is 0 Å². The molecular formula is C16H20N2. The average Bonchev–Trinajstić information content (AvgIpc) is 3.02. The Hall–Kier alpha value is -1.44. The highest BCUT2D eigenvalue weighted by Crippen LogP contribution is 2.29. The van der Waals surface area contributed by atoms with Crippen molar-refractivity contribution in [3.63, 3.8) is 0 Å². The van der Waals surface area contributed by atoms with Crippen molar-refractivity contribution in [1.29, 1.82) is 0 Å². The van der Waals surface area contributed by atoms with Gasteiger partial charge in [-0.2, -0.15) is 0 Å². The summed E-state index contributed by atoms with van der Waals surface area (Å²) in [7, 11) is 0. The second-order valence-corrected chi connectivity index (χ2v) is 5.74. The summed E-state index contributed by atoms with van der Waals surface area (Å²) in [5, 5.41) is 0. The summed E-state index contributed by atoms with van der Waals surface area (Å²) in [6, 6.07) is 4.81.